The summed E-state index contributed by atoms with van der Waals surface area (Å²) in [6.45, 7) is 0. The molecule has 0 radical (unpaired) electrons. The summed E-state index contributed by atoms with van der Waals surface area (Å²) in [5.41, 5.74) is 3.66. The van der Waals surface area contributed by atoms with Crippen LogP contribution in [0.4, 0.5) is 34.8 Å². The minimum atomic E-state index is -0.0852. The van der Waals surface area contributed by atoms with Crippen LogP contribution in [0.5, 0.6) is 0 Å². The molecule has 11 nitrogen and oxygen atoms in total. The molecule has 1 aliphatic heterocycles. The van der Waals surface area contributed by atoms with Gasteiger partial charge in [-0.25, -0.2) is 0 Å². The van der Waals surface area contributed by atoms with Crippen molar-refractivity contribution in [2.75, 3.05) is 9.80 Å². The van der Waals surface area contributed by atoms with Crippen LogP contribution in [-0.2, 0) is 4.74 Å². The maximum Gasteiger partial charge on any atom is 0.327 e. The van der Waals surface area contributed by atoms with Crippen molar-refractivity contribution in [3.05, 3.63) is 180 Å². The van der Waals surface area contributed by atoms with Crippen LogP contribution in [0, 0.1) is 22.7 Å². The highest BCUT2D eigenvalue weighted by atomic mass is 16.5. The maximum atomic E-state index is 9.61. The van der Waals surface area contributed by atoms with Gasteiger partial charge in [-0.15, -0.1) is 10.2 Å². The third-order valence-electron chi connectivity index (χ3n) is 7.42. The van der Waals surface area contributed by atoms with E-state index in [9.17, 15) is 10.5 Å². The summed E-state index contributed by atoms with van der Waals surface area (Å²) in [5.74, 6) is 1.07. The second-order valence-corrected chi connectivity index (χ2v) is 10.8. The van der Waals surface area contributed by atoms with Crippen molar-refractivity contribution < 1.29 is 13.6 Å². The number of aromatic nitrogens is 4. The Morgan fingerprint density at radius 2 is 0.843 bits per heavy atom. The number of benzene rings is 4. The van der Waals surface area contributed by atoms with Crippen LogP contribution >= 0.6 is 0 Å². The lowest BCUT2D eigenvalue weighted by Crippen LogP contribution is -2.09. The molecule has 6 aromatic rings. The van der Waals surface area contributed by atoms with E-state index in [2.05, 4.69) is 20.4 Å². The highest BCUT2D eigenvalue weighted by molar-refractivity contribution is 5.73. The molecule has 11 heteroatoms. The van der Waals surface area contributed by atoms with E-state index in [0.717, 1.165) is 22.7 Å². The number of nitriles is 2. The van der Waals surface area contributed by atoms with Crippen molar-refractivity contribution in [3.63, 3.8) is 0 Å². The molecular formula is C40H26N8O3. The van der Waals surface area contributed by atoms with E-state index in [4.69, 9.17) is 13.6 Å². The standard InChI is InChI=1S/C40H26N8O3/c41-27-30(28-42)29-25-35(21-23-37-43-45-39(50-37)47(31-13-5-1-6-14-31)32-15-7-2-8-16-32)49-36(26-29)22-24-38-44-46-40(51-38)48(33-17-9-3-10-18-33)34-19-11-4-12-20-34/h1-26H/b23-21+,24-22+. The molecule has 2 aromatic heterocycles. The molecule has 0 spiro atoms. The van der Waals surface area contributed by atoms with Gasteiger partial charge in [0.05, 0.1) is 22.7 Å². The number of hydrogen-bond donors (Lipinski definition) is 0. The van der Waals surface area contributed by atoms with Crippen LogP contribution in [0.2, 0.25) is 0 Å². The van der Waals surface area contributed by atoms with Crippen molar-refractivity contribution >= 4 is 46.9 Å². The average molecular weight is 667 g/mol. The van der Waals surface area contributed by atoms with Crippen molar-refractivity contribution in [3.8, 4) is 12.1 Å². The molecule has 0 unspecified atom stereocenters. The van der Waals surface area contributed by atoms with Gasteiger partial charge in [0.25, 0.3) is 0 Å². The molecule has 0 amide bonds. The summed E-state index contributed by atoms with van der Waals surface area (Å²) < 4.78 is 18.2. The zero-order chi connectivity index (χ0) is 34.8. The van der Waals surface area contributed by atoms with E-state index >= 15 is 0 Å². The summed E-state index contributed by atoms with van der Waals surface area (Å²) in [5, 5.41) is 36.2. The van der Waals surface area contributed by atoms with Gasteiger partial charge in [0, 0.05) is 17.7 Å². The van der Waals surface area contributed by atoms with Crippen molar-refractivity contribution in [1.82, 2.24) is 20.4 Å². The zero-order valence-corrected chi connectivity index (χ0v) is 26.8. The molecule has 3 heterocycles. The van der Waals surface area contributed by atoms with E-state index in [1.807, 2.05) is 143 Å². The number of para-hydroxylation sites is 4. The molecule has 51 heavy (non-hydrogen) atoms. The van der Waals surface area contributed by atoms with Gasteiger partial charge < -0.3 is 13.6 Å². The normalized spacial score (nSPS) is 12.5. The molecule has 244 valence electrons. The van der Waals surface area contributed by atoms with Crippen LogP contribution in [0.15, 0.2) is 177 Å². The van der Waals surface area contributed by atoms with Gasteiger partial charge in [0.1, 0.15) is 29.2 Å². The summed E-state index contributed by atoms with van der Waals surface area (Å²) >= 11 is 0. The Balaban J connectivity index is 1.13. The number of rotatable bonds is 10. The molecule has 0 fully saturated rings. The first-order valence-electron chi connectivity index (χ1n) is 15.7. The highest BCUT2D eigenvalue weighted by Gasteiger charge is 2.20. The van der Waals surface area contributed by atoms with Crippen molar-refractivity contribution in [2.24, 2.45) is 0 Å². The first-order valence-corrected chi connectivity index (χ1v) is 15.7. The Hall–Kier alpha value is -7.76. The molecule has 1 aliphatic rings. The fourth-order valence-electron chi connectivity index (χ4n) is 5.13. The van der Waals surface area contributed by atoms with Gasteiger partial charge >= 0.3 is 12.0 Å². The highest BCUT2D eigenvalue weighted by Crippen LogP contribution is 2.35. The Bertz CT molecular complexity index is 2120. The Kier molecular flexibility index (Phi) is 9.35. The van der Waals surface area contributed by atoms with Gasteiger partial charge in [-0.3, -0.25) is 9.80 Å². The van der Waals surface area contributed by atoms with Gasteiger partial charge in [-0.1, -0.05) is 83.0 Å². The average Bonchev–Trinajstić information content (AvgIpc) is 3.86. The van der Waals surface area contributed by atoms with Gasteiger partial charge in [0.15, 0.2) is 0 Å². The second-order valence-electron chi connectivity index (χ2n) is 10.8. The monoisotopic (exact) mass is 666 g/mol. The fraction of sp³-hybridized carbons (Fsp3) is 0. The van der Waals surface area contributed by atoms with Crippen molar-refractivity contribution in [1.29, 1.82) is 10.5 Å². The number of allylic oxidation sites excluding steroid dienone is 6. The molecule has 0 saturated carbocycles. The van der Waals surface area contributed by atoms with Crippen LogP contribution < -0.4 is 9.80 Å². The van der Waals surface area contributed by atoms with Crippen LogP contribution in [0.25, 0.3) is 12.2 Å². The zero-order valence-electron chi connectivity index (χ0n) is 26.8. The smallest absolute Gasteiger partial charge is 0.327 e. The van der Waals surface area contributed by atoms with Crippen LogP contribution in [0.3, 0.4) is 0 Å². The summed E-state index contributed by atoms with van der Waals surface area (Å²) in [6.07, 6.45) is 9.56. The molecular weight excluding hydrogens is 640 g/mol. The van der Waals surface area contributed by atoms with E-state index in [1.54, 1.807) is 36.5 Å². The van der Waals surface area contributed by atoms with E-state index < -0.39 is 0 Å². The topological polar surface area (TPSA) is 141 Å². The predicted octanol–water partition coefficient (Wildman–Crippen LogP) is 9.26. The van der Waals surface area contributed by atoms with Gasteiger partial charge in [-0.2, -0.15) is 10.5 Å². The first-order chi connectivity index (χ1) is 25.2. The minimum absolute atomic E-state index is 0.0852. The number of ether oxygens (including phenoxy) is 1. The molecule has 0 bridgehead atoms. The van der Waals surface area contributed by atoms with Gasteiger partial charge in [0.2, 0.25) is 11.8 Å². The van der Waals surface area contributed by atoms with E-state index in [-0.39, 0.29) is 29.4 Å². The summed E-state index contributed by atoms with van der Waals surface area (Å²) in [6, 6.07) is 43.1. The molecule has 0 atom stereocenters. The van der Waals surface area contributed by atoms with Crippen LogP contribution in [-0.4, -0.2) is 20.4 Å². The third-order valence-corrected chi connectivity index (χ3v) is 7.42. The number of anilines is 6. The largest absolute Gasteiger partial charge is 0.457 e. The predicted molar refractivity (Wildman–Crippen MR) is 192 cm³/mol. The molecule has 7 rings (SSSR count). The van der Waals surface area contributed by atoms with E-state index in [0.29, 0.717) is 17.1 Å². The Morgan fingerprint density at radius 1 is 0.490 bits per heavy atom. The van der Waals surface area contributed by atoms with Crippen LogP contribution in [0.1, 0.15) is 11.8 Å². The molecule has 0 aliphatic carbocycles. The third kappa shape index (κ3) is 7.38. The lowest BCUT2D eigenvalue weighted by molar-refractivity contribution is 0.332. The molecule has 4 aromatic carbocycles. The quantitative estimate of drug-likeness (QED) is 0.129. The molecule has 0 N–H and O–H groups in total. The number of hydrogen-bond acceptors (Lipinski definition) is 11. The summed E-state index contributed by atoms with van der Waals surface area (Å²) in [7, 11) is 0. The van der Waals surface area contributed by atoms with Gasteiger partial charge in [-0.05, 0) is 72.8 Å². The van der Waals surface area contributed by atoms with Crippen molar-refractivity contribution in [2.45, 2.75) is 0 Å². The maximum absolute atomic E-state index is 9.61. The first kappa shape index (κ1) is 31.8. The summed E-state index contributed by atoms with van der Waals surface area (Å²) in [4.78, 5) is 3.70. The SMILES string of the molecule is N#CC(C#N)=C1C=C(/C=C/c2nnc(N(c3ccccc3)c3ccccc3)o2)OC(/C=C/c2nnc(N(c3ccccc3)c3ccccc3)o2)=C1. The lowest BCUT2D eigenvalue weighted by atomic mass is 10.1. The number of nitrogens with zero attached hydrogens (tertiary/aromatic N) is 8. The lowest BCUT2D eigenvalue weighted by Gasteiger charge is -2.20. The Labute approximate surface area is 292 Å². The minimum Gasteiger partial charge on any atom is -0.457 e. The molecule has 0 saturated heterocycles. The second kappa shape index (κ2) is 15.0. The Morgan fingerprint density at radius 3 is 1.18 bits per heavy atom. The fourth-order valence-corrected chi connectivity index (χ4v) is 5.13. The van der Waals surface area contributed by atoms with E-state index in [1.165, 1.54) is 0 Å².